The van der Waals surface area contributed by atoms with E-state index in [0.29, 0.717) is 72.3 Å². The second-order valence-corrected chi connectivity index (χ2v) is 9.02. The number of halogens is 1. The Bertz CT molecular complexity index is 961. The van der Waals surface area contributed by atoms with Gasteiger partial charge >= 0.3 is 5.97 Å². The fourth-order valence-electron chi connectivity index (χ4n) is 4.61. The molecule has 2 aliphatic heterocycles. The Morgan fingerprint density at radius 1 is 1.29 bits per heavy atom. The summed E-state index contributed by atoms with van der Waals surface area (Å²) >= 11 is 6.17. The van der Waals surface area contributed by atoms with Gasteiger partial charge in [0, 0.05) is 31.7 Å². The van der Waals surface area contributed by atoms with Crippen molar-refractivity contribution in [3.8, 4) is 0 Å². The Morgan fingerprint density at radius 3 is 2.68 bits per heavy atom. The Hall–Kier alpha value is -2.29. The Kier molecular flexibility index (Phi) is 6.41. The molecule has 9 heteroatoms. The molecular formula is C22H28ClN3O5. The maximum Gasteiger partial charge on any atom is 0.311 e. The van der Waals surface area contributed by atoms with Gasteiger partial charge in [-0.25, -0.2) is 0 Å². The number of anilines is 1. The largest absolute Gasteiger partial charge is 0.481 e. The van der Waals surface area contributed by atoms with Gasteiger partial charge in [0.1, 0.15) is 5.58 Å². The summed E-state index contributed by atoms with van der Waals surface area (Å²) in [7, 11) is 0. The molecule has 0 unspecified atom stereocenters. The summed E-state index contributed by atoms with van der Waals surface area (Å²) in [5, 5.41) is 13.7. The van der Waals surface area contributed by atoms with Crippen molar-refractivity contribution >= 4 is 40.1 Å². The molecule has 1 aromatic carbocycles. The summed E-state index contributed by atoms with van der Waals surface area (Å²) in [6, 6.07) is 3.24. The number of nitrogens with one attached hydrogen (secondary N) is 1. The van der Waals surface area contributed by atoms with Crippen molar-refractivity contribution in [2.75, 3.05) is 45.1 Å². The zero-order valence-corrected chi connectivity index (χ0v) is 18.1. The molecule has 31 heavy (non-hydrogen) atoms. The number of carboxylic acid groups (broad SMARTS) is 1. The number of nitrogen functional groups attached to an aromatic ring is 1. The highest BCUT2D eigenvalue weighted by atomic mass is 35.5. The van der Waals surface area contributed by atoms with Gasteiger partial charge in [-0.3, -0.25) is 9.59 Å². The van der Waals surface area contributed by atoms with Gasteiger partial charge in [-0.05, 0) is 56.8 Å². The van der Waals surface area contributed by atoms with E-state index in [0.717, 1.165) is 25.9 Å². The average molecular weight is 450 g/mol. The van der Waals surface area contributed by atoms with Gasteiger partial charge in [0.15, 0.2) is 0 Å². The van der Waals surface area contributed by atoms with Gasteiger partial charge in [0.25, 0.3) is 5.91 Å². The topological polar surface area (TPSA) is 118 Å². The summed E-state index contributed by atoms with van der Waals surface area (Å²) in [5.74, 6) is -0.625. The van der Waals surface area contributed by atoms with Crippen LogP contribution < -0.4 is 11.1 Å². The number of nitrogens with zero attached hydrogens (tertiary/aromatic N) is 1. The van der Waals surface area contributed by atoms with Crippen LogP contribution in [0.2, 0.25) is 5.02 Å². The Balaban J connectivity index is 1.31. The number of piperidine rings is 1. The summed E-state index contributed by atoms with van der Waals surface area (Å²) in [6.45, 7) is 3.78. The van der Waals surface area contributed by atoms with Crippen LogP contribution in [0.1, 0.15) is 36.0 Å². The molecule has 3 heterocycles. The van der Waals surface area contributed by atoms with E-state index in [-0.39, 0.29) is 5.91 Å². The van der Waals surface area contributed by atoms with E-state index in [1.165, 1.54) is 6.26 Å². The number of benzene rings is 1. The predicted molar refractivity (Wildman–Crippen MR) is 117 cm³/mol. The number of hydrogen-bond acceptors (Lipinski definition) is 6. The second-order valence-electron chi connectivity index (χ2n) is 8.61. The third kappa shape index (κ3) is 4.51. The lowest BCUT2D eigenvalue weighted by atomic mass is 9.79. The number of rotatable bonds is 6. The first-order valence-corrected chi connectivity index (χ1v) is 11.0. The smallest absolute Gasteiger partial charge is 0.311 e. The van der Waals surface area contributed by atoms with Gasteiger partial charge < -0.3 is 30.2 Å². The molecule has 8 nitrogen and oxygen atoms in total. The lowest BCUT2D eigenvalue weighted by Crippen LogP contribution is -2.49. The van der Waals surface area contributed by atoms with Crippen molar-refractivity contribution in [2.45, 2.75) is 25.7 Å². The number of carbonyl (C=O) groups is 2. The first-order valence-electron chi connectivity index (χ1n) is 10.7. The van der Waals surface area contributed by atoms with Crippen LogP contribution in [0.3, 0.4) is 0 Å². The van der Waals surface area contributed by atoms with Crippen LogP contribution in [0, 0.1) is 11.3 Å². The number of furan rings is 1. The highest BCUT2D eigenvalue weighted by Crippen LogP contribution is 2.34. The number of carboxylic acids is 1. The lowest BCUT2D eigenvalue weighted by Gasteiger charge is -2.40. The first kappa shape index (κ1) is 21.9. The zero-order valence-electron chi connectivity index (χ0n) is 17.4. The van der Waals surface area contributed by atoms with Crippen molar-refractivity contribution in [2.24, 2.45) is 11.3 Å². The van der Waals surface area contributed by atoms with Crippen molar-refractivity contribution in [1.82, 2.24) is 10.2 Å². The minimum Gasteiger partial charge on any atom is -0.481 e. The monoisotopic (exact) mass is 449 g/mol. The van der Waals surface area contributed by atoms with Crippen LogP contribution >= 0.6 is 11.6 Å². The SMILES string of the molecule is Nc1c(Cl)cc(C(=O)NCC2CCN(CC3(C(=O)O)CCOCC3)CC2)c2occc12. The molecule has 0 spiro atoms. The number of amides is 1. The van der Waals surface area contributed by atoms with Crippen molar-refractivity contribution in [3.63, 3.8) is 0 Å². The van der Waals surface area contributed by atoms with Gasteiger partial charge in [-0.1, -0.05) is 11.6 Å². The van der Waals surface area contributed by atoms with Gasteiger partial charge in [0.2, 0.25) is 0 Å². The molecule has 0 radical (unpaired) electrons. The molecule has 0 bridgehead atoms. The minimum absolute atomic E-state index is 0.240. The molecular weight excluding hydrogens is 422 g/mol. The number of aliphatic carboxylic acids is 1. The van der Waals surface area contributed by atoms with E-state index in [1.807, 2.05) is 0 Å². The quantitative estimate of drug-likeness (QED) is 0.580. The molecule has 0 aliphatic carbocycles. The zero-order chi connectivity index (χ0) is 22.0. The van der Waals surface area contributed by atoms with Crippen LogP contribution in [0.4, 0.5) is 5.69 Å². The number of ether oxygens (including phenoxy) is 1. The maximum atomic E-state index is 12.7. The minimum atomic E-state index is -0.725. The first-order chi connectivity index (χ1) is 14.9. The van der Waals surface area contributed by atoms with E-state index >= 15 is 0 Å². The number of hydrogen-bond donors (Lipinski definition) is 3. The predicted octanol–water partition coefficient (Wildman–Crippen LogP) is 2.99. The summed E-state index contributed by atoms with van der Waals surface area (Å²) in [4.78, 5) is 26.9. The molecule has 0 atom stereocenters. The van der Waals surface area contributed by atoms with E-state index < -0.39 is 11.4 Å². The van der Waals surface area contributed by atoms with E-state index in [2.05, 4.69) is 10.2 Å². The summed E-state index contributed by atoms with van der Waals surface area (Å²) < 4.78 is 10.8. The normalized spacial score (nSPS) is 20.0. The lowest BCUT2D eigenvalue weighted by molar-refractivity contribution is -0.157. The van der Waals surface area contributed by atoms with E-state index in [9.17, 15) is 14.7 Å². The van der Waals surface area contributed by atoms with Gasteiger partial charge in [0.05, 0.1) is 28.0 Å². The maximum absolute atomic E-state index is 12.7. The number of carbonyl (C=O) groups excluding carboxylic acids is 1. The molecule has 0 saturated carbocycles. The molecule has 2 fully saturated rings. The van der Waals surface area contributed by atoms with Crippen LogP contribution in [-0.2, 0) is 9.53 Å². The molecule has 2 aliphatic rings. The molecule has 2 saturated heterocycles. The van der Waals surface area contributed by atoms with Crippen LogP contribution in [-0.4, -0.2) is 61.3 Å². The van der Waals surface area contributed by atoms with Crippen LogP contribution in [0.25, 0.3) is 11.0 Å². The van der Waals surface area contributed by atoms with Crippen molar-refractivity contribution in [1.29, 1.82) is 0 Å². The van der Waals surface area contributed by atoms with Crippen LogP contribution in [0.15, 0.2) is 22.8 Å². The van der Waals surface area contributed by atoms with Crippen LogP contribution in [0.5, 0.6) is 0 Å². The van der Waals surface area contributed by atoms with Crippen molar-refractivity contribution < 1.29 is 23.8 Å². The van der Waals surface area contributed by atoms with Gasteiger partial charge in [-0.15, -0.1) is 0 Å². The highest BCUT2D eigenvalue weighted by Gasteiger charge is 2.42. The summed E-state index contributed by atoms with van der Waals surface area (Å²) in [6.07, 6.45) is 4.43. The molecule has 2 aromatic rings. The van der Waals surface area contributed by atoms with E-state index in [4.69, 9.17) is 26.5 Å². The Labute approximate surface area is 185 Å². The van der Waals surface area contributed by atoms with Gasteiger partial charge in [-0.2, -0.15) is 0 Å². The number of likely N-dealkylation sites (tertiary alicyclic amines) is 1. The fourth-order valence-corrected chi connectivity index (χ4v) is 4.82. The Morgan fingerprint density at radius 2 is 2.00 bits per heavy atom. The molecule has 168 valence electrons. The second kappa shape index (κ2) is 9.06. The molecule has 4 rings (SSSR count). The molecule has 1 amide bonds. The average Bonchev–Trinajstić information content (AvgIpc) is 3.26. The van der Waals surface area contributed by atoms with Crippen molar-refractivity contribution in [3.05, 3.63) is 29.0 Å². The molecule has 1 aromatic heterocycles. The third-order valence-corrected chi connectivity index (χ3v) is 6.97. The highest BCUT2D eigenvalue weighted by molar-refractivity contribution is 6.35. The standard InChI is InChI=1S/C22H28ClN3O5/c23-17-11-16(19-15(18(17)24)3-8-31-19)20(27)25-12-14-1-6-26(7-2-14)13-22(21(28)29)4-9-30-10-5-22/h3,8,11,14H,1-2,4-7,9-10,12-13,24H2,(H,25,27)(H,28,29). The molecule has 4 N–H and O–H groups in total. The number of fused-ring (bicyclic) bond motifs is 1. The number of nitrogens with two attached hydrogens (primary N) is 1. The third-order valence-electron chi connectivity index (χ3n) is 6.66. The fraction of sp³-hybridized carbons (Fsp3) is 0.545. The van der Waals surface area contributed by atoms with E-state index in [1.54, 1.807) is 12.1 Å². The summed E-state index contributed by atoms with van der Waals surface area (Å²) in [5.41, 5.74) is 6.46.